The Kier molecular flexibility index (Phi) is 18.8. The van der Waals surface area contributed by atoms with Gasteiger partial charge in [0.1, 0.15) is 0 Å². The number of ether oxygens (including phenoxy) is 1. The molecule has 0 heterocycles. The Bertz CT molecular complexity index is 416. The number of unbranched alkanes of at least 4 members (excludes halogenated alkanes) is 6. The van der Waals surface area contributed by atoms with Crippen LogP contribution in [0.3, 0.4) is 0 Å². The zero-order valence-electron chi connectivity index (χ0n) is 16.9. The Morgan fingerprint density at radius 2 is 1.35 bits per heavy atom. The molecule has 0 saturated heterocycles. The van der Waals surface area contributed by atoms with Crippen molar-refractivity contribution in [2.75, 3.05) is 6.61 Å². The van der Waals surface area contributed by atoms with Gasteiger partial charge < -0.3 is 9.84 Å². The number of carboxylic acids is 1. The molecular weight excluding hydrogens is 324 g/mol. The highest BCUT2D eigenvalue weighted by Gasteiger charge is 2.09. The maximum atomic E-state index is 10.6. The summed E-state index contributed by atoms with van der Waals surface area (Å²) in [7, 11) is 0. The number of carboxylic acid groups (broad SMARTS) is 1. The minimum absolute atomic E-state index is 0.207. The van der Waals surface area contributed by atoms with Crippen LogP contribution in [0.25, 0.3) is 0 Å². The van der Waals surface area contributed by atoms with Crippen LogP contribution in [-0.2, 0) is 9.53 Å². The summed E-state index contributed by atoms with van der Waals surface area (Å²) in [5.74, 6) is 12.1. The van der Waals surface area contributed by atoms with Crippen molar-refractivity contribution in [2.45, 2.75) is 110 Å². The lowest BCUT2D eigenvalue weighted by Crippen LogP contribution is -2.14. The van der Waals surface area contributed by atoms with E-state index in [0.717, 1.165) is 57.8 Å². The molecule has 26 heavy (non-hydrogen) atoms. The van der Waals surface area contributed by atoms with Crippen molar-refractivity contribution in [1.82, 2.24) is 0 Å². The minimum Gasteiger partial charge on any atom is -0.481 e. The van der Waals surface area contributed by atoms with Gasteiger partial charge in [-0.1, -0.05) is 33.1 Å². The molecule has 0 aromatic rings. The number of rotatable bonds is 15. The Labute approximate surface area is 161 Å². The zero-order chi connectivity index (χ0) is 19.3. The maximum absolute atomic E-state index is 10.6. The van der Waals surface area contributed by atoms with Crippen LogP contribution in [0.5, 0.6) is 0 Å². The van der Waals surface area contributed by atoms with Crippen molar-refractivity contribution in [3.05, 3.63) is 0 Å². The molecule has 0 radical (unpaired) electrons. The Hall–Kier alpha value is -1.45. The molecule has 3 nitrogen and oxygen atoms in total. The normalized spacial score (nSPS) is 11.2. The van der Waals surface area contributed by atoms with E-state index in [1.54, 1.807) is 0 Å². The Morgan fingerprint density at radius 3 is 1.92 bits per heavy atom. The first-order chi connectivity index (χ1) is 12.7. The van der Waals surface area contributed by atoms with Gasteiger partial charge in [-0.2, -0.15) is 0 Å². The maximum Gasteiger partial charge on any atom is 0.303 e. The van der Waals surface area contributed by atoms with Crippen molar-refractivity contribution in [2.24, 2.45) is 0 Å². The summed E-state index contributed by atoms with van der Waals surface area (Å²) in [5.41, 5.74) is 0. The highest BCUT2D eigenvalue weighted by Crippen LogP contribution is 2.14. The largest absolute Gasteiger partial charge is 0.481 e. The van der Waals surface area contributed by atoms with E-state index in [1.165, 1.54) is 25.7 Å². The van der Waals surface area contributed by atoms with Crippen molar-refractivity contribution in [3.63, 3.8) is 0 Å². The molecule has 1 N–H and O–H groups in total. The molecule has 0 aromatic carbocycles. The minimum atomic E-state index is -0.716. The van der Waals surface area contributed by atoms with Gasteiger partial charge in [0.15, 0.2) is 0 Å². The van der Waals surface area contributed by atoms with Crippen LogP contribution in [0.4, 0.5) is 0 Å². The molecule has 0 rings (SSSR count). The molecule has 0 aliphatic carbocycles. The molecule has 0 spiro atoms. The molecule has 0 aliphatic rings. The molecule has 1 unspecified atom stereocenters. The van der Waals surface area contributed by atoms with Gasteiger partial charge in [0, 0.05) is 32.1 Å². The molecule has 1 atom stereocenters. The van der Waals surface area contributed by atoms with Crippen molar-refractivity contribution >= 4 is 5.97 Å². The first-order valence-electron chi connectivity index (χ1n) is 10.5. The molecule has 0 saturated carbocycles. The molecule has 3 heteroatoms. The van der Waals surface area contributed by atoms with Crippen molar-refractivity contribution < 1.29 is 14.6 Å². The van der Waals surface area contributed by atoms with E-state index in [9.17, 15) is 4.79 Å². The Morgan fingerprint density at radius 1 is 0.808 bits per heavy atom. The quantitative estimate of drug-likeness (QED) is 0.288. The third-order valence-electron chi connectivity index (χ3n) is 4.14. The fourth-order valence-corrected chi connectivity index (χ4v) is 2.54. The van der Waals surface area contributed by atoms with E-state index in [2.05, 4.69) is 37.5 Å². The average Bonchev–Trinajstić information content (AvgIpc) is 2.62. The molecule has 0 aromatic heterocycles. The second kappa shape index (κ2) is 19.9. The van der Waals surface area contributed by atoms with Gasteiger partial charge in [0.25, 0.3) is 0 Å². The fraction of sp³-hybridized carbons (Fsp3) is 0.783. The smallest absolute Gasteiger partial charge is 0.303 e. The van der Waals surface area contributed by atoms with Crippen LogP contribution in [0.1, 0.15) is 104 Å². The van der Waals surface area contributed by atoms with Crippen molar-refractivity contribution in [1.29, 1.82) is 0 Å². The molecule has 0 aliphatic heterocycles. The molecule has 148 valence electrons. The summed E-state index contributed by atoms with van der Waals surface area (Å²) in [4.78, 5) is 10.6. The third kappa shape index (κ3) is 18.9. The average molecular weight is 363 g/mol. The number of hydrogen-bond acceptors (Lipinski definition) is 2. The standard InChI is InChI=1S/C23H38O3/c1-3-5-7-9-11-12-14-18-22(19-15-16-20-23(24)25)26-21-17-13-10-8-6-4-2/h22H,3-8,12,14-21H2,1-2H3,(H,24,25). The summed E-state index contributed by atoms with van der Waals surface area (Å²) in [6, 6.07) is 0. The van der Waals surface area contributed by atoms with Gasteiger partial charge in [0.05, 0.1) is 12.7 Å². The van der Waals surface area contributed by atoms with Crippen LogP contribution >= 0.6 is 0 Å². The van der Waals surface area contributed by atoms with Crippen LogP contribution in [0.15, 0.2) is 0 Å². The lowest BCUT2D eigenvalue weighted by molar-refractivity contribution is -0.137. The van der Waals surface area contributed by atoms with E-state index >= 15 is 0 Å². The van der Waals surface area contributed by atoms with Crippen LogP contribution < -0.4 is 0 Å². The summed E-state index contributed by atoms with van der Waals surface area (Å²) < 4.78 is 6.00. The third-order valence-corrected chi connectivity index (χ3v) is 4.14. The van der Waals surface area contributed by atoms with Crippen LogP contribution in [0, 0.1) is 23.7 Å². The number of aliphatic carboxylic acids is 1. The lowest BCUT2D eigenvalue weighted by Gasteiger charge is -2.16. The number of hydrogen-bond donors (Lipinski definition) is 1. The predicted molar refractivity (Wildman–Crippen MR) is 109 cm³/mol. The summed E-state index contributed by atoms with van der Waals surface area (Å²) in [6.45, 7) is 5.03. The number of carbonyl (C=O) groups is 1. The summed E-state index contributed by atoms with van der Waals surface area (Å²) in [6.07, 6.45) is 13.5. The van der Waals surface area contributed by atoms with Crippen LogP contribution in [0.2, 0.25) is 0 Å². The monoisotopic (exact) mass is 362 g/mol. The molecular formula is C23H38O3. The fourth-order valence-electron chi connectivity index (χ4n) is 2.54. The van der Waals surface area contributed by atoms with E-state index in [4.69, 9.17) is 9.84 Å². The summed E-state index contributed by atoms with van der Waals surface area (Å²) in [5, 5.41) is 8.74. The van der Waals surface area contributed by atoms with Gasteiger partial charge in [-0.15, -0.1) is 23.7 Å². The van der Waals surface area contributed by atoms with E-state index in [0.29, 0.717) is 6.61 Å². The molecule has 0 amide bonds. The molecule has 0 bridgehead atoms. The van der Waals surface area contributed by atoms with E-state index in [1.807, 2.05) is 0 Å². The van der Waals surface area contributed by atoms with Crippen LogP contribution in [-0.4, -0.2) is 23.8 Å². The SMILES string of the molecule is CCCCC#CCCCC(CCCCC(=O)O)OCCC#CCCCC. The van der Waals surface area contributed by atoms with Gasteiger partial charge in [0.2, 0.25) is 0 Å². The Balaban J connectivity index is 4.03. The first kappa shape index (κ1) is 24.6. The lowest BCUT2D eigenvalue weighted by atomic mass is 10.0. The van der Waals surface area contributed by atoms with Gasteiger partial charge in [-0.05, 0) is 38.5 Å². The van der Waals surface area contributed by atoms with E-state index < -0.39 is 5.97 Å². The van der Waals surface area contributed by atoms with Gasteiger partial charge in [-0.25, -0.2) is 0 Å². The van der Waals surface area contributed by atoms with Gasteiger partial charge >= 0.3 is 5.97 Å². The van der Waals surface area contributed by atoms with E-state index in [-0.39, 0.29) is 12.5 Å². The second-order valence-electron chi connectivity index (χ2n) is 6.69. The second-order valence-corrected chi connectivity index (χ2v) is 6.69. The highest BCUT2D eigenvalue weighted by molar-refractivity contribution is 5.66. The first-order valence-corrected chi connectivity index (χ1v) is 10.5. The summed E-state index contributed by atoms with van der Waals surface area (Å²) >= 11 is 0. The van der Waals surface area contributed by atoms with Gasteiger partial charge in [-0.3, -0.25) is 4.79 Å². The highest BCUT2D eigenvalue weighted by atomic mass is 16.5. The topological polar surface area (TPSA) is 46.5 Å². The van der Waals surface area contributed by atoms with Crippen molar-refractivity contribution in [3.8, 4) is 23.7 Å². The molecule has 0 fully saturated rings. The zero-order valence-corrected chi connectivity index (χ0v) is 16.9. The predicted octanol–water partition coefficient (Wildman–Crippen LogP) is 5.96.